The highest BCUT2D eigenvalue weighted by Gasteiger charge is 2.22. The first-order valence-electron chi connectivity index (χ1n) is 18.3. The van der Waals surface area contributed by atoms with E-state index in [1.165, 1.54) is 59.8 Å². The Morgan fingerprint density at radius 2 is 0.889 bits per heavy atom. The molecule has 0 amide bonds. The highest BCUT2D eigenvalue weighted by atomic mass is 14.7. The standard InChI is InChI=1S/C52H30N2/c1-53-47-30-29-43(35-19-7-9-21-37(35)47)48-39-23-11-13-25-41(39)49(42-26-14-12-24-40(42)48)45-31-46-50(38-22-10-8-20-36(38)45)44-28-27-32-15-5-6-18-34(32)52(44)54-51(46)33-16-3-2-4-17-33/h2-31H. The molecule has 0 aliphatic carbocycles. The summed E-state index contributed by atoms with van der Waals surface area (Å²) in [4.78, 5) is 9.42. The van der Waals surface area contributed by atoms with Gasteiger partial charge in [-0.05, 0) is 76.8 Å². The van der Waals surface area contributed by atoms with Crippen molar-refractivity contribution in [1.29, 1.82) is 0 Å². The highest BCUT2D eigenvalue weighted by Crippen LogP contribution is 2.49. The van der Waals surface area contributed by atoms with Gasteiger partial charge in [0, 0.05) is 27.1 Å². The molecule has 1 aromatic heterocycles. The molecule has 248 valence electrons. The first kappa shape index (κ1) is 30.3. The van der Waals surface area contributed by atoms with Gasteiger partial charge in [0.25, 0.3) is 0 Å². The molecule has 11 rings (SSSR count). The summed E-state index contributed by atoms with van der Waals surface area (Å²) in [6.07, 6.45) is 0. The minimum Gasteiger partial charge on any atom is -0.246 e. The van der Waals surface area contributed by atoms with Crippen LogP contribution in [0.1, 0.15) is 0 Å². The van der Waals surface area contributed by atoms with Gasteiger partial charge in [0.05, 0.1) is 17.8 Å². The Bertz CT molecular complexity index is 3330. The Hall–Kier alpha value is -7.34. The van der Waals surface area contributed by atoms with Gasteiger partial charge in [-0.3, -0.25) is 0 Å². The summed E-state index contributed by atoms with van der Waals surface area (Å²) in [5.41, 5.74) is 8.49. The summed E-state index contributed by atoms with van der Waals surface area (Å²) in [6, 6.07) is 65.1. The smallest absolute Gasteiger partial charge is 0.194 e. The zero-order chi connectivity index (χ0) is 35.8. The van der Waals surface area contributed by atoms with Gasteiger partial charge in [0.15, 0.2) is 5.69 Å². The predicted molar refractivity (Wildman–Crippen MR) is 229 cm³/mol. The molecule has 0 saturated heterocycles. The van der Waals surface area contributed by atoms with E-state index in [-0.39, 0.29) is 0 Å². The zero-order valence-corrected chi connectivity index (χ0v) is 29.2. The van der Waals surface area contributed by atoms with E-state index in [4.69, 9.17) is 11.6 Å². The minimum atomic E-state index is 0.672. The van der Waals surface area contributed by atoms with Crippen LogP contribution in [0.4, 0.5) is 5.69 Å². The van der Waals surface area contributed by atoms with Crippen molar-refractivity contribution in [2.45, 2.75) is 0 Å². The molecule has 2 nitrogen and oxygen atoms in total. The average molecular weight is 683 g/mol. The molecule has 54 heavy (non-hydrogen) atoms. The number of fused-ring (bicyclic) bond motifs is 10. The van der Waals surface area contributed by atoms with E-state index in [2.05, 4.69) is 175 Å². The van der Waals surface area contributed by atoms with E-state index in [1.54, 1.807) is 0 Å². The van der Waals surface area contributed by atoms with E-state index in [0.29, 0.717) is 5.69 Å². The molecule has 0 unspecified atom stereocenters. The van der Waals surface area contributed by atoms with Crippen LogP contribution in [-0.4, -0.2) is 4.98 Å². The molecule has 0 N–H and O–H groups in total. The maximum absolute atomic E-state index is 7.88. The van der Waals surface area contributed by atoms with Crippen LogP contribution in [0.25, 0.3) is 114 Å². The lowest BCUT2D eigenvalue weighted by Crippen LogP contribution is -1.95. The lowest BCUT2D eigenvalue weighted by Gasteiger charge is -2.21. The van der Waals surface area contributed by atoms with Crippen LogP contribution in [0.3, 0.4) is 0 Å². The topological polar surface area (TPSA) is 17.2 Å². The quantitative estimate of drug-likeness (QED) is 0.103. The molecule has 0 spiro atoms. The summed E-state index contributed by atoms with van der Waals surface area (Å²) in [7, 11) is 0. The molecule has 0 aliphatic heterocycles. The van der Waals surface area contributed by atoms with Gasteiger partial charge < -0.3 is 0 Å². The van der Waals surface area contributed by atoms with Crippen molar-refractivity contribution in [2.24, 2.45) is 0 Å². The van der Waals surface area contributed by atoms with Crippen LogP contribution in [0.5, 0.6) is 0 Å². The summed E-state index contributed by atoms with van der Waals surface area (Å²) in [5, 5.41) is 15.1. The number of rotatable bonds is 3. The zero-order valence-electron chi connectivity index (χ0n) is 29.2. The van der Waals surface area contributed by atoms with Gasteiger partial charge in [-0.2, -0.15) is 0 Å². The fourth-order valence-electron chi connectivity index (χ4n) is 8.93. The number of nitrogens with zero attached hydrogens (tertiary/aromatic N) is 2. The maximum atomic E-state index is 7.88. The van der Waals surface area contributed by atoms with Crippen molar-refractivity contribution in [2.75, 3.05) is 0 Å². The van der Waals surface area contributed by atoms with Gasteiger partial charge >= 0.3 is 0 Å². The highest BCUT2D eigenvalue weighted by molar-refractivity contribution is 6.31. The molecule has 11 aromatic rings. The maximum Gasteiger partial charge on any atom is 0.194 e. The van der Waals surface area contributed by atoms with E-state index < -0.39 is 0 Å². The van der Waals surface area contributed by atoms with E-state index >= 15 is 0 Å². The molecule has 0 saturated carbocycles. The van der Waals surface area contributed by atoms with Gasteiger partial charge in [-0.25, -0.2) is 9.83 Å². The fourth-order valence-corrected chi connectivity index (χ4v) is 8.93. The SMILES string of the molecule is [C-]#[N+]c1ccc(-c2c3ccccc3c(-c3cc4c(-c5ccccc5)nc5c6ccccc6ccc5c4c4ccccc34)c3ccccc23)c2ccccc12. The molecule has 0 atom stereocenters. The summed E-state index contributed by atoms with van der Waals surface area (Å²) < 4.78 is 0. The number of hydrogen-bond donors (Lipinski definition) is 0. The number of aromatic nitrogens is 1. The lowest BCUT2D eigenvalue weighted by atomic mass is 9.82. The van der Waals surface area contributed by atoms with Crippen LogP contribution in [0.2, 0.25) is 0 Å². The fraction of sp³-hybridized carbons (Fsp3) is 0. The summed E-state index contributed by atoms with van der Waals surface area (Å²) in [5.74, 6) is 0. The third kappa shape index (κ3) is 4.36. The summed E-state index contributed by atoms with van der Waals surface area (Å²) >= 11 is 0. The van der Waals surface area contributed by atoms with Gasteiger partial charge in [0.1, 0.15) is 0 Å². The first-order chi connectivity index (χ1) is 26.8. The minimum absolute atomic E-state index is 0.672. The van der Waals surface area contributed by atoms with Crippen LogP contribution in [-0.2, 0) is 0 Å². The van der Waals surface area contributed by atoms with Gasteiger partial charge in [0.2, 0.25) is 0 Å². The predicted octanol–water partition coefficient (Wildman–Crippen LogP) is 14.7. The normalized spacial score (nSPS) is 11.7. The Balaban J connectivity index is 1.33. The Morgan fingerprint density at radius 3 is 1.54 bits per heavy atom. The third-order valence-electron chi connectivity index (χ3n) is 11.2. The van der Waals surface area contributed by atoms with Crippen molar-refractivity contribution >= 4 is 81.2 Å². The molecule has 1 heterocycles. The number of pyridine rings is 1. The molecule has 0 aliphatic rings. The van der Waals surface area contributed by atoms with Crippen LogP contribution >= 0.6 is 0 Å². The molecular formula is C52H30N2. The van der Waals surface area contributed by atoms with Crippen LogP contribution in [0.15, 0.2) is 182 Å². The number of hydrogen-bond acceptors (Lipinski definition) is 1. The monoisotopic (exact) mass is 682 g/mol. The molecule has 0 bridgehead atoms. The van der Waals surface area contributed by atoms with E-state index in [9.17, 15) is 0 Å². The molecule has 10 aromatic carbocycles. The second-order valence-electron chi connectivity index (χ2n) is 14.0. The van der Waals surface area contributed by atoms with Crippen molar-refractivity contribution in [1.82, 2.24) is 4.98 Å². The second-order valence-corrected chi connectivity index (χ2v) is 14.0. The Labute approximate surface area is 312 Å². The Kier molecular flexibility index (Phi) is 6.65. The van der Waals surface area contributed by atoms with Gasteiger partial charge in [-0.1, -0.05) is 176 Å². The largest absolute Gasteiger partial charge is 0.246 e. The average Bonchev–Trinajstić information content (AvgIpc) is 3.25. The van der Waals surface area contributed by atoms with E-state index in [1.807, 2.05) is 12.1 Å². The van der Waals surface area contributed by atoms with Crippen molar-refractivity contribution < 1.29 is 0 Å². The number of benzene rings is 10. The van der Waals surface area contributed by atoms with Crippen LogP contribution < -0.4 is 0 Å². The van der Waals surface area contributed by atoms with Crippen molar-refractivity contribution in [3.63, 3.8) is 0 Å². The first-order valence-corrected chi connectivity index (χ1v) is 18.3. The summed E-state index contributed by atoms with van der Waals surface area (Å²) in [6.45, 7) is 7.88. The van der Waals surface area contributed by atoms with Crippen LogP contribution in [0, 0.1) is 6.57 Å². The van der Waals surface area contributed by atoms with Crippen molar-refractivity contribution in [3.05, 3.63) is 193 Å². The third-order valence-corrected chi connectivity index (χ3v) is 11.2. The molecule has 0 fully saturated rings. The van der Waals surface area contributed by atoms with Gasteiger partial charge in [-0.15, -0.1) is 0 Å². The van der Waals surface area contributed by atoms with Crippen molar-refractivity contribution in [3.8, 4) is 33.5 Å². The second kappa shape index (κ2) is 11.9. The Morgan fingerprint density at radius 1 is 0.370 bits per heavy atom. The molecule has 0 radical (unpaired) electrons. The molecular weight excluding hydrogens is 653 g/mol. The van der Waals surface area contributed by atoms with E-state index in [0.717, 1.165) is 49.3 Å². The molecule has 2 heteroatoms. The lowest BCUT2D eigenvalue weighted by molar-refractivity contribution is 1.44.